The Morgan fingerprint density at radius 3 is 2.96 bits per heavy atom. The molecule has 1 saturated heterocycles. The van der Waals surface area contributed by atoms with Gasteiger partial charge in [-0.1, -0.05) is 0 Å². The van der Waals surface area contributed by atoms with Crippen molar-refractivity contribution in [3.63, 3.8) is 0 Å². The van der Waals surface area contributed by atoms with E-state index in [-0.39, 0.29) is 23.4 Å². The number of carbonyl (C=O) groups is 1. The van der Waals surface area contributed by atoms with Crippen molar-refractivity contribution in [3.05, 3.63) is 16.8 Å². The molecule has 2 aromatic rings. The van der Waals surface area contributed by atoms with Gasteiger partial charge in [0.15, 0.2) is 5.65 Å². The van der Waals surface area contributed by atoms with E-state index < -0.39 is 44.5 Å². The third-order valence-electron chi connectivity index (χ3n) is 3.67. The molecule has 14 heteroatoms. The summed E-state index contributed by atoms with van der Waals surface area (Å²) < 4.78 is 22.1. The van der Waals surface area contributed by atoms with Crippen LogP contribution in [0.3, 0.4) is 0 Å². The van der Waals surface area contributed by atoms with Crippen molar-refractivity contribution in [2.75, 3.05) is 11.9 Å². The summed E-state index contributed by atoms with van der Waals surface area (Å²) >= 11 is 0. The maximum Gasteiger partial charge on any atom is 0.469 e. The fourth-order valence-corrected chi connectivity index (χ4v) is 2.96. The average molecular weight is 389 g/mol. The first kappa shape index (κ1) is 18.6. The molecule has 0 radical (unpaired) electrons. The number of fused-ring (bicyclic) bond motifs is 1. The van der Waals surface area contributed by atoms with Crippen LogP contribution in [0.25, 0.3) is 11.2 Å². The number of H-pyrrole nitrogens is 1. The van der Waals surface area contributed by atoms with Crippen LogP contribution in [-0.2, 0) is 18.6 Å². The molecule has 1 amide bonds. The van der Waals surface area contributed by atoms with Crippen LogP contribution in [0.2, 0.25) is 0 Å². The number of hydrogen-bond acceptors (Lipinski definition) is 8. The van der Waals surface area contributed by atoms with Crippen LogP contribution in [0.5, 0.6) is 0 Å². The Balaban J connectivity index is 1.87. The van der Waals surface area contributed by atoms with Gasteiger partial charge < -0.3 is 24.9 Å². The summed E-state index contributed by atoms with van der Waals surface area (Å²) in [6, 6.07) is 0. The molecule has 0 bridgehead atoms. The highest BCUT2D eigenvalue weighted by atomic mass is 31.2. The predicted octanol–water partition coefficient (Wildman–Crippen LogP) is -1.16. The van der Waals surface area contributed by atoms with Gasteiger partial charge in [0.2, 0.25) is 5.91 Å². The second-order valence-electron chi connectivity index (χ2n) is 5.64. The molecule has 0 spiro atoms. The van der Waals surface area contributed by atoms with Crippen LogP contribution in [0.1, 0.15) is 19.6 Å². The Morgan fingerprint density at radius 1 is 1.58 bits per heavy atom. The number of rotatable bonds is 5. The van der Waals surface area contributed by atoms with E-state index in [0.29, 0.717) is 0 Å². The summed E-state index contributed by atoms with van der Waals surface area (Å²) in [6.07, 6.45) is -1.45. The van der Waals surface area contributed by atoms with Gasteiger partial charge in [-0.2, -0.15) is 4.98 Å². The first-order chi connectivity index (χ1) is 12.1. The van der Waals surface area contributed by atoms with Crippen molar-refractivity contribution in [2.45, 2.75) is 31.8 Å². The Kier molecular flexibility index (Phi) is 4.92. The van der Waals surface area contributed by atoms with E-state index >= 15 is 0 Å². The van der Waals surface area contributed by atoms with E-state index in [4.69, 9.17) is 14.5 Å². The van der Waals surface area contributed by atoms with Crippen LogP contribution in [-0.4, -0.2) is 59.1 Å². The van der Waals surface area contributed by atoms with Gasteiger partial charge in [0, 0.05) is 13.3 Å². The van der Waals surface area contributed by atoms with Crippen molar-refractivity contribution >= 4 is 30.7 Å². The normalized spacial score (nSPS) is 23.5. The Labute approximate surface area is 145 Å². The smallest absolute Gasteiger partial charge is 0.390 e. The zero-order valence-electron chi connectivity index (χ0n) is 13.4. The molecule has 0 aliphatic carbocycles. The lowest BCUT2D eigenvalue weighted by molar-refractivity contribution is -0.114. The second kappa shape index (κ2) is 6.87. The van der Waals surface area contributed by atoms with E-state index in [1.807, 2.05) is 0 Å². The number of phosphoric ester groups is 1. The van der Waals surface area contributed by atoms with Crippen LogP contribution >= 0.6 is 7.82 Å². The highest BCUT2D eigenvalue weighted by Gasteiger charge is 2.37. The lowest BCUT2D eigenvalue weighted by Gasteiger charge is -2.16. The fraction of sp³-hybridized carbons (Fsp3) is 0.500. The quantitative estimate of drug-likeness (QED) is 0.390. The third-order valence-corrected chi connectivity index (χ3v) is 4.15. The number of nitrogens with one attached hydrogen (secondary N) is 2. The summed E-state index contributed by atoms with van der Waals surface area (Å²) in [4.78, 5) is 50.7. The minimum atomic E-state index is -4.70. The van der Waals surface area contributed by atoms with Crippen LogP contribution in [0.15, 0.2) is 11.1 Å². The van der Waals surface area contributed by atoms with E-state index in [0.717, 1.165) is 0 Å². The largest absolute Gasteiger partial charge is 0.469 e. The summed E-state index contributed by atoms with van der Waals surface area (Å²) in [6.45, 7) is 0.753. The van der Waals surface area contributed by atoms with Gasteiger partial charge >= 0.3 is 13.5 Å². The van der Waals surface area contributed by atoms with Gasteiger partial charge in [-0.25, -0.2) is 14.3 Å². The zero-order valence-corrected chi connectivity index (χ0v) is 14.3. The second-order valence-corrected chi connectivity index (χ2v) is 6.88. The molecule has 13 nitrogen and oxygen atoms in total. The number of carbonyl (C=O) groups excluding carboxylic acids is 1. The molecule has 142 valence electrons. The molecule has 1 fully saturated rings. The van der Waals surface area contributed by atoms with Gasteiger partial charge in [-0.3, -0.25) is 18.9 Å². The monoisotopic (exact) mass is 389 g/mol. The van der Waals surface area contributed by atoms with E-state index in [1.54, 1.807) is 0 Å². The minimum Gasteiger partial charge on any atom is -0.390 e. The molecule has 2 aromatic heterocycles. The van der Waals surface area contributed by atoms with Gasteiger partial charge in [0.05, 0.1) is 19.0 Å². The van der Waals surface area contributed by atoms with Crippen molar-refractivity contribution in [1.29, 1.82) is 0 Å². The SMILES string of the molecule is CC(=O)Nc1[nH]c(=O)nc2c1ncn2[C@H]1C[C@H](O)[C@@H](COP(=O)(O)O)O1. The Bertz CT molecular complexity index is 935. The van der Waals surface area contributed by atoms with E-state index in [9.17, 15) is 19.3 Å². The fourth-order valence-electron chi connectivity index (χ4n) is 2.62. The molecular formula is C12H16N5O8P. The topological polar surface area (TPSA) is 189 Å². The average Bonchev–Trinajstić information content (AvgIpc) is 3.07. The first-order valence-electron chi connectivity index (χ1n) is 7.42. The molecule has 1 aliphatic rings. The van der Waals surface area contributed by atoms with Crippen molar-refractivity contribution < 1.29 is 33.5 Å². The Morgan fingerprint density at radius 2 is 2.31 bits per heavy atom. The van der Waals surface area contributed by atoms with Crippen LogP contribution < -0.4 is 11.0 Å². The molecule has 0 unspecified atom stereocenters. The zero-order chi connectivity index (χ0) is 19.1. The van der Waals surface area contributed by atoms with E-state index in [2.05, 4.69) is 24.8 Å². The number of aliphatic hydroxyl groups is 1. The van der Waals surface area contributed by atoms with Gasteiger partial charge in [-0.15, -0.1) is 0 Å². The number of nitrogens with zero attached hydrogens (tertiary/aromatic N) is 3. The molecule has 1 aliphatic heterocycles. The summed E-state index contributed by atoms with van der Waals surface area (Å²) in [5.41, 5.74) is -0.387. The van der Waals surface area contributed by atoms with E-state index in [1.165, 1.54) is 17.8 Å². The highest BCUT2D eigenvalue weighted by Crippen LogP contribution is 2.38. The molecule has 26 heavy (non-hydrogen) atoms. The number of hydrogen-bond donors (Lipinski definition) is 5. The summed E-state index contributed by atoms with van der Waals surface area (Å²) in [5.74, 6) is -0.337. The number of aromatic nitrogens is 4. The Hall–Kier alpha value is -2.15. The molecule has 5 N–H and O–H groups in total. The number of aliphatic hydroxyl groups excluding tert-OH is 1. The van der Waals surface area contributed by atoms with Crippen molar-refractivity contribution in [2.24, 2.45) is 0 Å². The lowest BCUT2D eigenvalue weighted by atomic mass is 10.2. The van der Waals surface area contributed by atoms with Gasteiger partial charge in [0.1, 0.15) is 23.7 Å². The van der Waals surface area contributed by atoms with Crippen molar-refractivity contribution in [3.8, 4) is 0 Å². The maximum absolute atomic E-state index is 11.7. The highest BCUT2D eigenvalue weighted by molar-refractivity contribution is 7.46. The van der Waals surface area contributed by atoms with Crippen molar-refractivity contribution in [1.82, 2.24) is 19.5 Å². The third kappa shape index (κ3) is 3.98. The molecule has 3 heterocycles. The number of imidazole rings is 1. The number of aromatic amines is 1. The number of amides is 1. The lowest BCUT2D eigenvalue weighted by Crippen LogP contribution is -2.25. The first-order valence-corrected chi connectivity index (χ1v) is 8.95. The van der Waals surface area contributed by atoms with Crippen LogP contribution in [0, 0.1) is 0 Å². The van der Waals surface area contributed by atoms with Gasteiger partial charge in [-0.05, 0) is 0 Å². The predicted molar refractivity (Wildman–Crippen MR) is 85.0 cm³/mol. The van der Waals surface area contributed by atoms with Gasteiger partial charge in [0.25, 0.3) is 0 Å². The molecule has 0 aromatic carbocycles. The summed E-state index contributed by atoms with van der Waals surface area (Å²) in [5, 5.41) is 12.5. The number of phosphoric acid groups is 1. The molecular weight excluding hydrogens is 373 g/mol. The maximum atomic E-state index is 11.7. The summed E-state index contributed by atoms with van der Waals surface area (Å²) in [7, 11) is -4.70. The minimum absolute atomic E-state index is 0.0601. The number of anilines is 1. The molecule has 3 rings (SSSR count). The standard InChI is InChI=1S/C12H16N5O8P/c1-5(18)14-10-9-11(16-12(20)15-10)17(4-13-9)8-2-6(19)7(25-8)3-24-26(21,22)23/h4,6-8,19H,2-3H2,1H3,(H2,21,22,23)(H2,14,15,16,18,20)/t6-,7+,8+/m0/s1. The number of ether oxygens (including phenoxy) is 1. The van der Waals surface area contributed by atoms with Crippen LogP contribution in [0.4, 0.5) is 5.82 Å². The molecule has 0 saturated carbocycles. The molecule has 3 atom stereocenters.